The van der Waals surface area contributed by atoms with Gasteiger partial charge in [0, 0.05) is 23.4 Å². The number of nitrogens with zero attached hydrogens (tertiary/aromatic N) is 2. The molecule has 2 aromatic carbocycles. The van der Waals surface area contributed by atoms with Crippen molar-refractivity contribution in [2.24, 2.45) is 5.10 Å². The van der Waals surface area contributed by atoms with Crippen LogP contribution in [-0.4, -0.2) is 24.4 Å². The molecule has 5 nitrogen and oxygen atoms in total. The summed E-state index contributed by atoms with van der Waals surface area (Å²) in [5, 5.41) is 6.01. The molecule has 0 fully saturated rings. The molecule has 1 aromatic heterocycles. The maximum atomic E-state index is 6.49. The first-order valence-electron chi connectivity index (χ1n) is 8.87. The first kappa shape index (κ1) is 17.6. The molecular formula is C21H20ClN3O2. The summed E-state index contributed by atoms with van der Waals surface area (Å²) >= 11 is 6.49. The van der Waals surface area contributed by atoms with Crippen LogP contribution in [0.2, 0.25) is 5.15 Å². The molecule has 3 aromatic rings. The summed E-state index contributed by atoms with van der Waals surface area (Å²) in [4.78, 5) is 4.56. The standard InChI is InChI=1S/C21H20ClN3O2/c1-3-27-16-9-6-14-10-17(21(22)23-18(14)11-16)20-12-19(24-25-20)13-4-7-15(26-2)8-5-13/h4-11,20,25H,3,12H2,1-2H3. The maximum Gasteiger partial charge on any atom is 0.135 e. The second-order valence-electron chi connectivity index (χ2n) is 6.33. The lowest BCUT2D eigenvalue weighted by Crippen LogP contribution is -2.11. The predicted octanol–water partition coefficient (Wildman–Crippen LogP) is 4.73. The van der Waals surface area contributed by atoms with Crippen LogP contribution in [0.15, 0.2) is 53.6 Å². The Hall–Kier alpha value is -2.79. The third-order valence-corrected chi connectivity index (χ3v) is 4.93. The Labute approximate surface area is 163 Å². The minimum atomic E-state index is -0.00179. The number of hydrogen-bond donors (Lipinski definition) is 1. The van der Waals surface area contributed by atoms with Crippen LogP contribution in [0.3, 0.4) is 0 Å². The van der Waals surface area contributed by atoms with Crippen LogP contribution in [-0.2, 0) is 0 Å². The van der Waals surface area contributed by atoms with Gasteiger partial charge in [0.1, 0.15) is 16.7 Å². The summed E-state index contributed by atoms with van der Waals surface area (Å²) in [6, 6.07) is 15.8. The van der Waals surface area contributed by atoms with Gasteiger partial charge in [-0.05, 0) is 55.0 Å². The lowest BCUT2D eigenvalue weighted by atomic mass is 9.99. The predicted molar refractivity (Wildman–Crippen MR) is 108 cm³/mol. The van der Waals surface area contributed by atoms with Crippen LogP contribution >= 0.6 is 11.6 Å². The number of aromatic nitrogens is 1. The van der Waals surface area contributed by atoms with E-state index in [0.29, 0.717) is 11.8 Å². The van der Waals surface area contributed by atoms with Crippen molar-refractivity contribution in [1.82, 2.24) is 10.4 Å². The topological polar surface area (TPSA) is 55.7 Å². The lowest BCUT2D eigenvalue weighted by Gasteiger charge is -2.13. The van der Waals surface area contributed by atoms with Gasteiger partial charge in [-0.1, -0.05) is 11.6 Å². The Morgan fingerprint density at radius 1 is 1.11 bits per heavy atom. The molecule has 138 valence electrons. The number of nitrogens with one attached hydrogen (secondary N) is 1. The molecule has 1 N–H and O–H groups in total. The van der Waals surface area contributed by atoms with E-state index in [0.717, 1.165) is 45.7 Å². The Kier molecular flexibility index (Phi) is 4.86. The van der Waals surface area contributed by atoms with E-state index < -0.39 is 0 Å². The fourth-order valence-electron chi connectivity index (χ4n) is 3.23. The molecule has 0 saturated carbocycles. The molecule has 1 aliphatic rings. The van der Waals surface area contributed by atoms with Gasteiger partial charge in [0.15, 0.2) is 0 Å². The second-order valence-corrected chi connectivity index (χ2v) is 6.69. The molecule has 0 saturated heterocycles. The number of hydrazone groups is 1. The lowest BCUT2D eigenvalue weighted by molar-refractivity contribution is 0.340. The van der Waals surface area contributed by atoms with E-state index >= 15 is 0 Å². The van der Waals surface area contributed by atoms with E-state index in [-0.39, 0.29) is 6.04 Å². The molecular weight excluding hydrogens is 362 g/mol. The summed E-state index contributed by atoms with van der Waals surface area (Å²) in [7, 11) is 1.66. The number of benzene rings is 2. The number of methoxy groups -OCH3 is 1. The molecule has 0 spiro atoms. The Balaban J connectivity index is 1.57. The van der Waals surface area contributed by atoms with Crippen molar-refractivity contribution >= 4 is 28.2 Å². The van der Waals surface area contributed by atoms with Crippen LogP contribution in [0, 0.1) is 0 Å². The summed E-state index contributed by atoms with van der Waals surface area (Å²) in [5.41, 5.74) is 7.02. The third kappa shape index (κ3) is 3.55. The van der Waals surface area contributed by atoms with Crippen LogP contribution in [0.4, 0.5) is 0 Å². The summed E-state index contributed by atoms with van der Waals surface area (Å²) in [6.07, 6.45) is 0.746. The number of hydrogen-bond acceptors (Lipinski definition) is 5. The summed E-state index contributed by atoms with van der Waals surface area (Å²) < 4.78 is 10.8. The molecule has 1 aliphatic heterocycles. The Bertz CT molecular complexity index is 1000. The highest BCUT2D eigenvalue weighted by Gasteiger charge is 2.24. The highest BCUT2D eigenvalue weighted by Crippen LogP contribution is 2.32. The molecule has 6 heteroatoms. The van der Waals surface area contributed by atoms with Crippen molar-refractivity contribution in [1.29, 1.82) is 0 Å². The highest BCUT2D eigenvalue weighted by atomic mass is 35.5. The fraction of sp³-hybridized carbons (Fsp3) is 0.238. The van der Waals surface area contributed by atoms with E-state index in [4.69, 9.17) is 21.1 Å². The largest absolute Gasteiger partial charge is 0.497 e. The van der Waals surface area contributed by atoms with Crippen molar-refractivity contribution in [2.45, 2.75) is 19.4 Å². The number of rotatable bonds is 5. The van der Waals surface area contributed by atoms with Gasteiger partial charge in [0.25, 0.3) is 0 Å². The molecule has 2 heterocycles. The Morgan fingerprint density at radius 2 is 1.89 bits per heavy atom. The molecule has 1 atom stereocenters. The van der Waals surface area contributed by atoms with Gasteiger partial charge in [-0.2, -0.15) is 5.10 Å². The van der Waals surface area contributed by atoms with Gasteiger partial charge in [-0.3, -0.25) is 0 Å². The Morgan fingerprint density at radius 3 is 2.63 bits per heavy atom. The molecule has 0 aliphatic carbocycles. The molecule has 0 radical (unpaired) electrons. The smallest absolute Gasteiger partial charge is 0.135 e. The van der Waals surface area contributed by atoms with Crippen LogP contribution in [0.25, 0.3) is 10.9 Å². The third-order valence-electron chi connectivity index (χ3n) is 4.63. The van der Waals surface area contributed by atoms with E-state index in [1.54, 1.807) is 7.11 Å². The first-order valence-corrected chi connectivity index (χ1v) is 9.25. The average molecular weight is 382 g/mol. The minimum Gasteiger partial charge on any atom is -0.497 e. The maximum absolute atomic E-state index is 6.49. The van der Waals surface area contributed by atoms with E-state index in [1.807, 2.05) is 49.4 Å². The van der Waals surface area contributed by atoms with Crippen LogP contribution < -0.4 is 14.9 Å². The van der Waals surface area contributed by atoms with E-state index in [1.165, 1.54) is 0 Å². The number of fused-ring (bicyclic) bond motifs is 1. The molecule has 4 rings (SSSR count). The van der Waals surface area contributed by atoms with Crippen LogP contribution in [0.1, 0.15) is 30.5 Å². The zero-order valence-electron chi connectivity index (χ0n) is 15.2. The summed E-state index contributed by atoms with van der Waals surface area (Å²) in [6.45, 7) is 2.58. The normalized spacial score (nSPS) is 16.1. The zero-order chi connectivity index (χ0) is 18.8. The van der Waals surface area contributed by atoms with E-state index in [9.17, 15) is 0 Å². The second kappa shape index (κ2) is 7.45. The number of ether oxygens (including phenoxy) is 2. The SMILES string of the molecule is CCOc1ccc2cc(C3CC(c4ccc(OC)cc4)=NN3)c(Cl)nc2c1. The van der Waals surface area contributed by atoms with Gasteiger partial charge in [-0.15, -0.1) is 0 Å². The monoisotopic (exact) mass is 381 g/mol. The molecule has 0 amide bonds. The number of halogens is 1. The first-order chi connectivity index (χ1) is 13.2. The highest BCUT2D eigenvalue weighted by molar-refractivity contribution is 6.30. The van der Waals surface area contributed by atoms with Crippen molar-refractivity contribution in [3.8, 4) is 11.5 Å². The van der Waals surface area contributed by atoms with E-state index in [2.05, 4.69) is 21.6 Å². The van der Waals surface area contributed by atoms with Crippen molar-refractivity contribution in [3.05, 3.63) is 64.8 Å². The van der Waals surface area contributed by atoms with Gasteiger partial charge in [0.2, 0.25) is 0 Å². The van der Waals surface area contributed by atoms with Gasteiger partial charge in [-0.25, -0.2) is 4.98 Å². The zero-order valence-corrected chi connectivity index (χ0v) is 16.0. The van der Waals surface area contributed by atoms with Crippen molar-refractivity contribution in [2.75, 3.05) is 13.7 Å². The number of pyridine rings is 1. The molecule has 1 unspecified atom stereocenters. The summed E-state index contributed by atoms with van der Waals surface area (Å²) in [5.74, 6) is 1.63. The van der Waals surface area contributed by atoms with Crippen molar-refractivity contribution < 1.29 is 9.47 Å². The molecule has 0 bridgehead atoms. The quantitative estimate of drug-likeness (QED) is 0.649. The minimum absolute atomic E-state index is 0.00179. The van der Waals surface area contributed by atoms with Crippen LogP contribution in [0.5, 0.6) is 11.5 Å². The van der Waals surface area contributed by atoms with Gasteiger partial charge in [0.05, 0.1) is 31.0 Å². The van der Waals surface area contributed by atoms with Gasteiger partial charge >= 0.3 is 0 Å². The molecule has 27 heavy (non-hydrogen) atoms. The van der Waals surface area contributed by atoms with Gasteiger partial charge < -0.3 is 14.9 Å². The van der Waals surface area contributed by atoms with Crippen molar-refractivity contribution in [3.63, 3.8) is 0 Å². The fourth-order valence-corrected chi connectivity index (χ4v) is 3.50. The average Bonchev–Trinajstić information content (AvgIpc) is 3.17.